The molecular weight excluding hydrogens is 376 g/mol. The fourth-order valence-corrected chi connectivity index (χ4v) is 4.71. The van der Waals surface area contributed by atoms with Crippen molar-refractivity contribution in [1.29, 1.82) is 0 Å². The van der Waals surface area contributed by atoms with E-state index in [0.717, 1.165) is 31.2 Å². The van der Waals surface area contributed by atoms with Crippen LogP contribution in [0.3, 0.4) is 0 Å². The van der Waals surface area contributed by atoms with Gasteiger partial charge in [0.15, 0.2) is 0 Å². The molecule has 0 radical (unpaired) electrons. The average Bonchev–Trinajstić information content (AvgIpc) is 2.98. The third kappa shape index (κ3) is 4.19. The monoisotopic (exact) mass is 404 g/mol. The van der Waals surface area contributed by atoms with Crippen molar-refractivity contribution in [2.24, 2.45) is 11.8 Å². The number of carbonyl (C=O) groups is 3. The van der Waals surface area contributed by atoms with Crippen LogP contribution in [0, 0.1) is 11.8 Å². The summed E-state index contributed by atoms with van der Waals surface area (Å²) in [5.41, 5.74) is 0.856. The number of ether oxygens (including phenoxy) is 1. The van der Waals surface area contributed by atoms with Gasteiger partial charge < -0.3 is 10.1 Å². The highest BCUT2D eigenvalue weighted by atomic mass is 32.2. The Kier molecular flexibility index (Phi) is 6.99. The third-order valence-electron chi connectivity index (χ3n) is 5.73. The number of rotatable bonds is 8. The van der Waals surface area contributed by atoms with E-state index in [9.17, 15) is 14.4 Å². The largest absolute Gasteiger partial charge is 0.496 e. The zero-order chi connectivity index (χ0) is 20.1. The lowest BCUT2D eigenvalue weighted by atomic mass is 9.81. The van der Waals surface area contributed by atoms with Gasteiger partial charge in [-0.25, -0.2) is 0 Å². The fourth-order valence-electron chi connectivity index (χ4n) is 4.25. The Labute approximate surface area is 170 Å². The maximum atomic E-state index is 13.0. The van der Waals surface area contributed by atoms with E-state index in [0.29, 0.717) is 24.5 Å². The zero-order valence-corrected chi connectivity index (χ0v) is 17.3. The van der Waals surface area contributed by atoms with Gasteiger partial charge in [-0.3, -0.25) is 19.3 Å². The van der Waals surface area contributed by atoms with E-state index in [1.807, 2.05) is 30.5 Å². The van der Waals surface area contributed by atoms with Crippen molar-refractivity contribution in [3.63, 3.8) is 0 Å². The lowest BCUT2D eigenvalue weighted by molar-refractivity contribution is -0.148. The van der Waals surface area contributed by atoms with E-state index in [1.165, 1.54) is 4.90 Å². The van der Waals surface area contributed by atoms with Gasteiger partial charge in [0.25, 0.3) is 0 Å². The molecular formula is C21H28N2O4S. The molecule has 2 aliphatic rings. The van der Waals surface area contributed by atoms with Crippen LogP contribution in [0.25, 0.3) is 0 Å². The standard InChI is InChI=1S/C21H28N2O4S/c1-27-18-10-6-3-7-14(18)13-22-19(24)17(11-12-28-2)23-20(25)15-8-4-5-9-16(15)21(23)26/h3,6-7,10,15-17H,4-5,8-9,11-13H2,1-2H3,(H,22,24)/t15-,16+,17-/m1/s1. The first-order valence-electron chi connectivity index (χ1n) is 9.84. The Morgan fingerprint density at radius 1 is 1.21 bits per heavy atom. The Hall–Kier alpha value is -2.02. The molecule has 3 rings (SSSR count). The highest BCUT2D eigenvalue weighted by Gasteiger charge is 2.51. The number of nitrogens with zero attached hydrogens (tertiary/aromatic N) is 1. The van der Waals surface area contributed by atoms with Crippen molar-refractivity contribution >= 4 is 29.5 Å². The minimum atomic E-state index is -0.743. The van der Waals surface area contributed by atoms with Crippen LogP contribution in [0.2, 0.25) is 0 Å². The van der Waals surface area contributed by atoms with Gasteiger partial charge in [0.1, 0.15) is 11.8 Å². The molecule has 28 heavy (non-hydrogen) atoms. The number of methoxy groups -OCH3 is 1. The van der Waals surface area contributed by atoms with Crippen molar-refractivity contribution in [3.05, 3.63) is 29.8 Å². The number of carbonyl (C=O) groups excluding carboxylic acids is 3. The van der Waals surface area contributed by atoms with E-state index >= 15 is 0 Å². The Balaban J connectivity index is 1.74. The molecule has 1 heterocycles. The van der Waals surface area contributed by atoms with Crippen LogP contribution in [0.1, 0.15) is 37.7 Å². The first-order valence-corrected chi connectivity index (χ1v) is 11.2. The Morgan fingerprint density at radius 2 is 1.86 bits per heavy atom. The molecule has 1 aliphatic carbocycles. The van der Waals surface area contributed by atoms with Gasteiger partial charge in [0.2, 0.25) is 17.7 Å². The van der Waals surface area contributed by atoms with Gasteiger partial charge >= 0.3 is 0 Å². The molecule has 2 fully saturated rings. The van der Waals surface area contributed by atoms with E-state index in [4.69, 9.17) is 4.74 Å². The molecule has 0 spiro atoms. The summed E-state index contributed by atoms with van der Waals surface area (Å²) in [6, 6.07) is 6.73. The lowest BCUT2D eigenvalue weighted by Gasteiger charge is -2.26. The molecule has 3 atom stereocenters. The zero-order valence-electron chi connectivity index (χ0n) is 16.5. The number of nitrogens with one attached hydrogen (secondary N) is 1. The van der Waals surface area contributed by atoms with Crippen molar-refractivity contribution in [1.82, 2.24) is 10.2 Å². The average molecular weight is 405 g/mol. The van der Waals surface area contributed by atoms with Gasteiger partial charge in [0.05, 0.1) is 18.9 Å². The Morgan fingerprint density at radius 3 is 2.46 bits per heavy atom. The number of amides is 3. The molecule has 1 N–H and O–H groups in total. The molecule has 152 valence electrons. The lowest BCUT2D eigenvalue weighted by Crippen LogP contribution is -2.50. The molecule has 1 aromatic carbocycles. The van der Waals surface area contributed by atoms with E-state index in [1.54, 1.807) is 18.9 Å². The molecule has 1 saturated carbocycles. The summed E-state index contributed by atoms with van der Waals surface area (Å²) in [6.07, 6.45) is 5.88. The van der Waals surface area contributed by atoms with Crippen molar-refractivity contribution < 1.29 is 19.1 Å². The topological polar surface area (TPSA) is 75.7 Å². The summed E-state index contributed by atoms with van der Waals surface area (Å²) in [6.45, 7) is 0.293. The predicted octanol–water partition coefficient (Wildman–Crippen LogP) is 2.61. The summed E-state index contributed by atoms with van der Waals surface area (Å²) in [5.74, 6) is 0.337. The number of likely N-dealkylation sites (tertiary alicyclic amines) is 1. The van der Waals surface area contributed by atoms with Crippen molar-refractivity contribution in [2.75, 3.05) is 19.1 Å². The summed E-state index contributed by atoms with van der Waals surface area (Å²) < 4.78 is 5.33. The molecule has 0 unspecified atom stereocenters. The number of hydrogen-bond acceptors (Lipinski definition) is 5. The summed E-state index contributed by atoms with van der Waals surface area (Å²) in [4.78, 5) is 40.1. The van der Waals surface area contributed by atoms with Crippen LogP contribution in [-0.4, -0.2) is 47.8 Å². The van der Waals surface area contributed by atoms with Crippen LogP contribution in [0.5, 0.6) is 5.75 Å². The first-order chi connectivity index (χ1) is 13.6. The fraction of sp³-hybridized carbons (Fsp3) is 0.571. The second-order valence-electron chi connectivity index (χ2n) is 7.37. The van der Waals surface area contributed by atoms with Crippen molar-refractivity contribution in [2.45, 2.75) is 44.7 Å². The molecule has 3 amide bonds. The van der Waals surface area contributed by atoms with Crippen molar-refractivity contribution in [3.8, 4) is 5.75 Å². The minimum Gasteiger partial charge on any atom is -0.496 e. The van der Waals surface area contributed by atoms with Gasteiger partial charge in [0, 0.05) is 12.1 Å². The van der Waals surface area contributed by atoms with Gasteiger partial charge in [-0.05, 0) is 37.3 Å². The number of benzene rings is 1. The van der Waals surface area contributed by atoms with E-state index in [2.05, 4.69) is 5.32 Å². The molecule has 1 aromatic rings. The van der Waals surface area contributed by atoms with Gasteiger partial charge in [-0.15, -0.1) is 0 Å². The normalized spacial score (nSPS) is 22.7. The predicted molar refractivity (Wildman–Crippen MR) is 109 cm³/mol. The summed E-state index contributed by atoms with van der Waals surface area (Å²) in [7, 11) is 1.59. The van der Waals surface area contributed by atoms with Gasteiger partial charge in [-0.1, -0.05) is 31.0 Å². The third-order valence-corrected chi connectivity index (χ3v) is 6.37. The highest BCUT2D eigenvalue weighted by molar-refractivity contribution is 7.98. The second kappa shape index (κ2) is 9.45. The molecule has 0 aromatic heterocycles. The van der Waals surface area contributed by atoms with Crippen LogP contribution in [0.15, 0.2) is 24.3 Å². The minimum absolute atomic E-state index is 0.159. The molecule has 6 nitrogen and oxygen atoms in total. The number of para-hydroxylation sites is 1. The summed E-state index contributed by atoms with van der Waals surface area (Å²) >= 11 is 1.61. The summed E-state index contributed by atoms with van der Waals surface area (Å²) in [5, 5.41) is 2.91. The van der Waals surface area contributed by atoms with Crippen LogP contribution >= 0.6 is 11.8 Å². The van der Waals surface area contributed by atoms with Crippen LogP contribution in [0.4, 0.5) is 0 Å². The van der Waals surface area contributed by atoms with Crippen LogP contribution < -0.4 is 10.1 Å². The second-order valence-corrected chi connectivity index (χ2v) is 8.36. The molecule has 0 bridgehead atoms. The number of fused-ring (bicyclic) bond motifs is 1. The molecule has 7 heteroatoms. The Bertz CT molecular complexity index is 715. The maximum absolute atomic E-state index is 13.0. The molecule has 1 aliphatic heterocycles. The maximum Gasteiger partial charge on any atom is 0.243 e. The van der Waals surface area contributed by atoms with Crippen LogP contribution in [-0.2, 0) is 20.9 Å². The number of hydrogen-bond donors (Lipinski definition) is 1. The smallest absolute Gasteiger partial charge is 0.243 e. The highest BCUT2D eigenvalue weighted by Crippen LogP contribution is 2.39. The quantitative estimate of drug-likeness (QED) is 0.674. The van der Waals surface area contributed by atoms with E-state index in [-0.39, 0.29) is 29.6 Å². The van der Waals surface area contributed by atoms with Gasteiger partial charge in [-0.2, -0.15) is 11.8 Å². The van der Waals surface area contributed by atoms with E-state index < -0.39 is 6.04 Å². The molecule has 1 saturated heterocycles. The number of thioether (sulfide) groups is 1. The first kappa shape index (κ1) is 20.7. The number of imide groups is 1. The SMILES string of the molecule is COc1ccccc1CNC(=O)[C@@H](CCSC)N1C(=O)[C@H]2CCCC[C@H]2C1=O.